The first-order chi connectivity index (χ1) is 16.7. The summed E-state index contributed by atoms with van der Waals surface area (Å²) in [5, 5.41) is 25.8. The Morgan fingerprint density at radius 1 is 1.26 bits per heavy atom. The van der Waals surface area contributed by atoms with Crippen LogP contribution in [0, 0.1) is 0 Å². The third-order valence-electron chi connectivity index (χ3n) is 5.25. The third kappa shape index (κ3) is 6.39. The molecule has 2 aromatic carbocycles. The largest absolute Gasteiger partial charge is 0.487 e. The second kappa shape index (κ2) is 10.5. The molecule has 0 saturated carbocycles. The van der Waals surface area contributed by atoms with Gasteiger partial charge in [0.05, 0.1) is 22.5 Å². The highest BCUT2D eigenvalue weighted by Gasteiger charge is 2.19. The maximum Gasteiger partial charge on any atom is 0.320 e. The van der Waals surface area contributed by atoms with Gasteiger partial charge in [-0.25, -0.2) is 23.2 Å². The predicted molar refractivity (Wildman–Crippen MR) is 130 cm³/mol. The number of fused-ring (bicyclic) bond motifs is 1. The molecule has 11 nitrogen and oxygen atoms in total. The standard InChI is InChI=1S/C22H24N6O5S2/c1-14(21(29)30)24-11-17(9-15-5-3-2-4-6-15)28-12-16(26-27-28)13-33-18-7-8-19-20(10-18)34-22(25-19)35(23,31)32/h2-8,10,12,14,17,24H,9,11,13H2,1H3,(H,29,30)(H2,23,31,32)/t14?,17-/m1/s1. The number of carbonyl (C=O) groups is 1. The fourth-order valence-corrected chi connectivity index (χ4v) is 5.04. The van der Waals surface area contributed by atoms with E-state index in [2.05, 4.69) is 20.6 Å². The van der Waals surface area contributed by atoms with E-state index in [1.807, 2.05) is 30.3 Å². The molecule has 2 atom stereocenters. The van der Waals surface area contributed by atoms with Gasteiger partial charge in [0.1, 0.15) is 24.1 Å². The van der Waals surface area contributed by atoms with Crippen LogP contribution in [-0.2, 0) is 27.8 Å². The molecule has 0 amide bonds. The summed E-state index contributed by atoms with van der Waals surface area (Å²) in [6, 6.07) is 14.0. The van der Waals surface area contributed by atoms with Crippen LogP contribution in [0.2, 0.25) is 0 Å². The molecule has 1 unspecified atom stereocenters. The van der Waals surface area contributed by atoms with Crippen LogP contribution in [0.15, 0.2) is 59.1 Å². The van der Waals surface area contributed by atoms with Gasteiger partial charge in [0.2, 0.25) is 4.34 Å². The molecule has 4 aromatic rings. The molecule has 0 bridgehead atoms. The van der Waals surface area contributed by atoms with Crippen molar-refractivity contribution in [3.8, 4) is 5.75 Å². The highest BCUT2D eigenvalue weighted by molar-refractivity contribution is 7.91. The number of thiazole rings is 1. The van der Waals surface area contributed by atoms with Crippen LogP contribution >= 0.6 is 11.3 Å². The molecule has 0 spiro atoms. The molecule has 0 aliphatic heterocycles. The zero-order valence-corrected chi connectivity index (χ0v) is 20.4. The summed E-state index contributed by atoms with van der Waals surface area (Å²) in [5.74, 6) is -0.403. The van der Waals surface area contributed by atoms with Gasteiger partial charge in [0.15, 0.2) is 0 Å². The lowest BCUT2D eigenvalue weighted by atomic mass is 10.1. The van der Waals surface area contributed by atoms with E-state index in [1.165, 1.54) is 0 Å². The Balaban J connectivity index is 1.45. The number of hydrogen-bond donors (Lipinski definition) is 3. The van der Waals surface area contributed by atoms with E-state index < -0.39 is 22.0 Å². The molecule has 4 rings (SSSR count). The molecule has 0 saturated heterocycles. The summed E-state index contributed by atoms with van der Waals surface area (Å²) in [6.45, 7) is 2.12. The number of carboxylic acids is 1. The molecule has 0 radical (unpaired) electrons. The number of hydrogen-bond acceptors (Lipinski definition) is 9. The Morgan fingerprint density at radius 2 is 2.03 bits per heavy atom. The highest BCUT2D eigenvalue weighted by atomic mass is 32.2. The number of aliphatic carboxylic acids is 1. The number of nitrogens with two attached hydrogens (primary N) is 1. The minimum Gasteiger partial charge on any atom is -0.487 e. The molecule has 35 heavy (non-hydrogen) atoms. The first-order valence-corrected chi connectivity index (χ1v) is 13.0. The van der Waals surface area contributed by atoms with Crippen molar-refractivity contribution < 1.29 is 23.1 Å². The summed E-state index contributed by atoms with van der Waals surface area (Å²) in [6.07, 6.45) is 2.41. The lowest BCUT2D eigenvalue weighted by molar-refractivity contribution is -0.139. The molecule has 0 fully saturated rings. The molecule has 184 valence electrons. The van der Waals surface area contributed by atoms with Crippen LogP contribution in [0.5, 0.6) is 5.75 Å². The second-order valence-electron chi connectivity index (χ2n) is 7.94. The molecule has 0 aliphatic carbocycles. The Kier molecular flexibility index (Phi) is 7.40. The Hall–Kier alpha value is -3.39. The van der Waals surface area contributed by atoms with Gasteiger partial charge in [-0.2, -0.15) is 0 Å². The van der Waals surface area contributed by atoms with Crippen molar-refractivity contribution in [3.63, 3.8) is 0 Å². The Morgan fingerprint density at radius 3 is 2.74 bits per heavy atom. The number of ether oxygens (including phenoxy) is 1. The van der Waals surface area contributed by atoms with Crippen LogP contribution in [0.3, 0.4) is 0 Å². The lowest BCUT2D eigenvalue weighted by Crippen LogP contribution is -2.38. The number of sulfonamides is 1. The van der Waals surface area contributed by atoms with E-state index in [0.717, 1.165) is 16.9 Å². The summed E-state index contributed by atoms with van der Waals surface area (Å²) >= 11 is 0.974. The zero-order chi connectivity index (χ0) is 25.0. The van der Waals surface area contributed by atoms with Crippen molar-refractivity contribution in [2.24, 2.45) is 5.14 Å². The SMILES string of the molecule is CC(NC[C@@H](Cc1ccccc1)n1cc(COc2ccc3nc(S(N)(=O)=O)sc3c2)nn1)C(=O)O. The van der Waals surface area contributed by atoms with Gasteiger partial charge in [0, 0.05) is 6.54 Å². The van der Waals surface area contributed by atoms with Crippen LogP contribution in [0.4, 0.5) is 0 Å². The summed E-state index contributed by atoms with van der Waals surface area (Å²) in [5.41, 5.74) is 2.19. The fourth-order valence-electron chi connectivity index (χ4n) is 3.36. The van der Waals surface area contributed by atoms with E-state index >= 15 is 0 Å². The van der Waals surface area contributed by atoms with Gasteiger partial charge >= 0.3 is 5.97 Å². The van der Waals surface area contributed by atoms with E-state index in [9.17, 15) is 18.3 Å². The monoisotopic (exact) mass is 516 g/mol. The first-order valence-electron chi connectivity index (χ1n) is 10.7. The summed E-state index contributed by atoms with van der Waals surface area (Å²) in [7, 11) is -3.87. The minimum atomic E-state index is -3.87. The number of rotatable bonds is 11. The number of benzene rings is 2. The van der Waals surface area contributed by atoms with E-state index in [-0.39, 0.29) is 17.0 Å². The van der Waals surface area contributed by atoms with Crippen LogP contribution < -0.4 is 15.2 Å². The topological polar surface area (TPSA) is 162 Å². The van der Waals surface area contributed by atoms with Crippen LogP contribution in [0.1, 0.15) is 24.2 Å². The molecular weight excluding hydrogens is 492 g/mol. The van der Waals surface area contributed by atoms with E-state index in [0.29, 0.717) is 34.6 Å². The quantitative estimate of drug-likeness (QED) is 0.270. The van der Waals surface area contributed by atoms with Gasteiger partial charge in [0.25, 0.3) is 10.0 Å². The number of primary sulfonamides is 1. The number of carboxylic acid groups (broad SMARTS) is 1. The molecule has 13 heteroatoms. The van der Waals surface area contributed by atoms with Crippen molar-refractivity contribution in [3.05, 3.63) is 66.0 Å². The van der Waals surface area contributed by atoms with Gasteiger partial charge < -0.3 is 15.2 Å². The average molecular weight is 517 g/mol. The molecule has 4 N–H and O–H groups in total. The molecule has 2 aromatic heterocycles. The number of aromatic nitrogens is 4. The number of nitrogens with one attached hydrogen (secondary N) is 1. The minimum absolute atomic E-state index is 0.142. The van der Waals surface area contributed by atoms with Crippen molar-refractivity contribution in [1.29, 1.82) is 0 Å². The molecular formula is C22H24N6O5S2. The van der Waals surface area contributed by atoms with Gasteiger partial charge in [-0.3, -0.25) is 4.79 Å². The van der Waals surface area contributed by atoms with Crippen molar-refractivity contribution in [2.75, 3.05) is 6.54 Å². The van der Waals surface area contributed by atoms with Crippen molar-refractivity contribution >= 4 is 37.5 Å². The second-order valence-corrected chi connectivity index (χ2v) is 10.7. The highest BCUT2D eigenvalue weighted by Crippen LogP contribution is 2.28. The van der Waals surface area contributed by atoms with Gasteiger partial charge in [-0.15, -0.1) is 16.4 Å². The van der Waals surface area contributed by atoms with Gasteiger partial charge in [-0.05, 0) is 37.1 Å². The third-order valence-corrected chi connectivity index (χ3v) is 7.58. The van der Waals surface area contributed by atoms with Crippen molar-refractivity contribution in [2.45, 2.75) is 36.4 Å². The summed E-state index contributed by atoms with van der Waals surface area (Å²) < 4.78 is 31.1. The van der Waals surface area contributed by atoms with E-state index in [4.69, 9.17) is 9.88 Å². The maximum atomic E-state index is 11.5. The normalized spacial score (nSPS) is 13.5. The Labute approximate surface area is 205 Å². The zero-order valence-electron chi connectivity index (χ0n) is 18.7. The van der Waals surface area contributed by atoms with Gasteiger partial charge in [-0.1, -0.05) is 35.5 Å². The smallest absolute Gasteiger partial charge is 0.320 e. The van der Waals surface area contributed by atoms with E-state index in [1.54, 1.807) is 36.0 Å². The fraction of sp³-hybridized carbons (Fsp3) is 0.273. The maximum absolute atomic E-state index is 11.5. The molecule has 2 heterocycles. The predicted octanol–water partition coefficient (Wildman–Crippen LogP) is 1.96. The average Bonchev–Trinajstić information content (AvgIpc) is 3.47. The molecule has 0 aliphatic rings. The summed E-state index contributed by atoms with van der Waals surface area (Å²) in [4.78, 5) is 15.2. The number of nitrogens with zero attached hydrogens (tertiary/aromatic N) is 4. The lowest BCUT2D eigenvalue weighted by Gasteiger charge is -2.19. The Bertz CT molecular complexity index is 1420. The van der Waals surface area contributed by atoms with Crippen molar-refractivity contribution in [1.82, 2.24) is 25.3 Å². The van der Waals surface area contributed by atoms with Crippen LogP contribution in [0.25, 0.3) is 10.2 Å². The first kappa shape index (κ1) is 24.7. The van der Waals surface area contributed by atoms with Crippen LogP contribution in [-0.4, -0.2) is 52.1 Å².